The van der Waals surface area contributed by atoms with E-state index in [0.717, 1.165) is 37.9 Å². The van der Waals surface area contributed by atoms with Crippen LogP contribution >= 0.6 is 11.3 Å². The predicted octanol–water partition coefficient (Wildman–Crippen LogP) is 3.35. The molecule has 0 unspecified atom stereocenters. The molecule has 6 heteroatoms. The number of aryl methyl sites for hydroxylation is 3. The Morgan fingerprint density at radius 2 is 2.00 bits per heavy atom. The van der Waals surface area contributed by atoms with Crippen LogP contribution in [0.1, 0.15) is 21.3 Å². The second-order valence-electron chi connectivity index (χ2n) is 5.90. The number of ether oxygens (including phenoxy) is 1. The van der Waals surface area contributed by atoms with Crippen LogP contribution in [0.5, 0.6) is 5.75 Å². The third kappa shape index (κ3) is 4.33. The molecule has 1 amide bonds. The summed E-state index contributed by atoms with van der Waals surface area (Å²) >= 11 is 1.57. The lowest BCUT2D eigenvalue weighted by atomic mass is 10.2. The van der Waals surface area contributed by atoms with Gasteiger partial charge in [-0.3, -0.25) is 4.79 Å². The van der Waals surface area contributed by atoms with Crippen molar-refractivity contribution in [1.29, 1.82) is 0 Å². The van der Waals surface area contributed by atoms with Gasteiger partial charge >= 0.3 is 0 Å². The molecule has 2 aromatic heterocycles. The van der Waals surface area contributed by atoms with E-state index in [-0.39, 0.29) is 5.91 Å². The number of thiazole rings is 1. The van der Waals surface area contributed by atoms with Crippen molar-refractivity contribution < 1.29 is 9.53 Å². The minimum Gasteiger partial charge on any atom is -0.489 e. The molecule has 0 atom stereocenters. The molecular formula is C19H21N3O2S. The molecule has 1 aromatic carbocycles. The van der Waals surface area contributed by atoms with Gasteiger partial charge in [-0.05, 0) is 32.9 Å². The zero-order valence-corrected chi connectivity index (χ0v) is 15.4. The quantitative estimate of drug-likeness (QED) is 0.689. The molecule has 2 heterocycles. The highest BCUT2D eigenvalue weighted by molar-refractivity contribution is 7.11. The first kappa shape index (κ1) is 17.4. The van der Waals surface area contributed by atoms with Crippen molar-refractivity contribution in [3.63, 3.8) is 0 Å². The molecule has 0 saturated carbocycles. The van der Waals surface area contributed by atoms with E-state index in [1.54, 1.807) is 11.3 Å². The van der Waals surface area contributed by atoms with Gasteiger partial charge in [0.2, 0.25) is 5.91 Å². The number of benzene rings is 1. The highest BCUT2D eigenvalue weighted by atomic mass is 32.1. The minimum absolute atomic E-state index is 0.0118. The lowest BCUT2D eigenvalue weighted by Crippen LogP contribution is -2.29. The van der Waals surface area contributed by atoms with Gasteiger partial charge in [-0.2, -0.15) is 0 Å². The average Bonchev–Trinajstić information content (AvgIpc) is 2.89. The molecular weight excluding hydrogens is 334 g/mol. The third-order valence-corrected chi connectivity index (χ3v) is 4.90. The number of nitrogens with one attached hydrogen (secondary N) is 1. The summed E-state index contributed by atoms with van der Waals surface area (Å²) in [6.45, 7) is 6.70. The molecule has 0 aliphatic rings. The summed E-state index contributed by atoms with van der Waals surface area (Å²) in [5.74, 6) is 0.728. The Kier molecular flexibility index (Phi) is 5.28. The molecule has 130 valence electrons. The fourth-order valence-corrected chi connectivity index (χ4v) is 3.57. The number of rotatable bonds is 6. The van der Waals surface area contributed by atoms with E-state index in [1.165, 1.54) is 0 Å². The topological polar surface area (TPSA) is 64.1 Å². The van der Waals surface area contributed by atoms with Gasteiger partial charge in [0, 0.05) is 16.0 Å². The van der Waals surface area contributed by atoms with Crippen LogP contribution < -0.4 is 10.1 Å². The summed E-state index contributed by atoms with van der Waals surface area (Å²) in [6, 6.07) is 9.87. The van der Waals surface area contributed by atoms with Gasteiger partial charge in [0.15, 0.2) is 0 Å². The Morgan fingerprint density at radius 3 is 2.76 bits per heavy atom. The van der Waals surface area contributed by atoms with Crippen molar-refractivity contribution >= 4 is 28.1 Å². The molecule has 0 saturated heterocycles. The van der Waals surface area contributed by atoms with E-state index in [0.29, 0.717) is 19.6 Å². The number of pyridine rings is 1. The molecule has 25 heavy (non-hydrogen) atoms. The van der Waals surface area contributed by atoms with Gasteiger partial charge in [-0.25, -0.2) is 9.97 Å². The third-order valence-electron chi connectivity index (χ3n) is 3.82. The summed E-state index contributed by atoms with van der Waals surface area (Å²) in [7, 11) is 0. The van der Waals surface area contributed by atoms with E-state index in [2.05, 4.69) is 15.3 Å². The van der Waals surface area contributed by atoms with E-state index >= 15 is 0 Å². The number of hydrogen-bond acceptors (Lipinski definition) is 5. The molecule has 3 aromatic rings. The second kappa shape index (κ2) is 7.61. The van der Waals surface area contributed by atoms with Crippen molar-refractivity contribution in [3.8, 4) is 5.75 Å². The number of nitrogens with zero attached hydrogens (tertiary/aromatic N) is 2. The standard InChI is InChI=1S/C19H21N3O2S/c1-12-7-8-15-5-4-6-16(19(15)21-12)24-10-9-20-18(23)11-17-13(2)22-14(3)25-17/h4-8H,9-11H2,1-3H3,(H,20,23). The van der Waals surface area contributed by atoms with Crippen LogP contribution in [0.3, 0.4) is 0 Å². The van der Waals surface area contributed by atoms with Gasteiger partial charge < -0.3 is 10.1 Å². The number of aromatic nitrogens is 2. The van der Waals surface area contributed by atoms with Gasteiger partial charge in [-0.1, -0.05) is 18.2 Å². The molecule has 3 rings (SSSR count). The van der Waals surface area contributed by atoms with Crippen molar-refractivity contribution in [1.82, 2.24) is 15.3 Å². The molecule has 0 bridgehead atoms. The van der Waals surface area contributed by atoms with Gasteiger partial charge in [-0.15, -0.1) is 11.3 Å². The molecule has 0 aliphatic carbocycles. The summed E-state index contributed by atoms with van der Waals surface area (Å²) in [5.41, 5.74) is 2.74. The highest BCUT2D eigenvalue weighted by Gasteiger charge is 2.10. The van der Waals surface area contributed by atoms with Crippen LogP contribution in [-0.4, -0.2) is 29.0 Å². The van der Waals surface area contributed by atoms with Crippen LogP contribution in [0.25, 0.3) is 10.9 Å². The maximum absolute atomic E-state index is 12.0. The largest absolute Gasteiger partial charge is 0.489 e. The van der Waals surface area contributed by atoms with Crippen LogP contribution in [0.2, 0.25) is 0 Å². The second-order valence-corrected chi connectivity index (χ2v) is 7.18. The van der Waals surface area contributed by atoms with E-state index in [4.69, 9.17) is 4.74 Å². The monoisotopic (exact) mass is 355 g/mol. The van der Waals surface area contributed by atoms with Crippen molar-refractivity contribution in [2.45, 2.75) is 27.2 Å². The first-order valence-electron chi connectivity index (χ1n) is 8.21. The minimum atomic E-state index is -0.0118. The SMILES string of the molecule is Cc1ccc2cccc(OCCNC(=O)Cc3sc(C)nc3C)c2n1. The van der Waals surface area contributed by atoms with Crippen LogP contribution in [-0.2, 0) is 11.2 Å². The Hall–Kier alpha value is -2.47. The Balaban J connectivity index is 1.52. The predicted molar refractivity (Wildman–Crippen MR) is 100 cm³/mol. The number of para-hydroxylation sites is 1. The number of hydrogen-bond donors (Lipinski definition) is 1. The maximum atomic E-state index is 12.0. The summed E-state index contributed by atoms with van der Waals surface area (Å²) in [4.78, 5) is 21.9. The lowest BCUT2D eigenvalue weighted by molar-refractivity contribution is -0.120. The van der Waals surface area contributed by atoms with Crippen LogP contribution in [0.15, 0.2) is 30.3 Å². The average molecular weight is 355 g/mol. The Morgan fingerprint density at radius 1 is 1.16 bits per heavy atom. The highest BCUT2D eigenvalue weighted by Crippen LogP contribution is 2.23. The number of amides is 1. The van der Waals surface area contributed by atoms with Gasteiger partial charge in [0.25, 0.3) is 0 Å². The smallest absolute Gasteiger partial charge is 0.225 e. The molecule has 5 nitrogen and oxygen atoms in total. The summed E-state index contributed by atoms with van der Waals surface area (Å²) in [5, 5.41) is 4.92. The molecule has 1 N–H and O–H groups in total. The van der Waals surface area contributed by atoms with Crippen molar-refractivity contribution in [2.24, 2.45) is 0 Å². The van der Waals surface area contributed by atoms with Crippen LogP contribution in [0.4, 0.5) is 0 Å². The lowest BCUT2D eigenvalue weighted by Gasteiger charge is -2.10. The molecule has 0 spiro atoms. The Bertz CT molecular complexity index is 905. The normalized spacial score (nSPS) is 10.8. The number of carbonyl (C=O) groups excluding carboxylic acids is 1. The van der Waals surface area contributed by atoms with E-state index < -0.39 is 0 Å². The summed E-state index contributed by atoms with van der Waals surface area (Å²) < 4.78 is 5.82. The fourth-order valence-electron chi connectivity index (χ4n) is 2.63. The molecule has 0 aliphatic heterocycles. The zero-order valence-electron chi connectivity index (χ0n) is 14.6. The first-order chi connectivity index (χ1) is 12.0. The molecule has 0 radical (unpaired) electrons. The molecule has 0 fully saturated rings. The maximum Gasteiger partial charge on any atom is 0.225 e. The van der Waals surface area contributed by atoms with Crippen molar-refractivity contribution in [2.75, 3.05) is 13.2 Å². The fraction of sp³-hybridized carbons (Fsp3) is 0.316. The van der Waals surface area contributed by atoms with Crippen LogP contribution in [0, 0.1) is 20.8 Å². The zero-order chi connectivity index (χ0) is 17.8. The number of carbonyl (C=O) groups is 1. The summed E-state index contributed by atoms with van der Waals surface area (Å²) in [6.07, 6.45) is 0.367. The van der Waals surface area contributed by atoms with Gasteiger partial charge in [0.1, 0.15) is 17.9 Å². The van der Waals surface area contributed by atoms with E-state index in [9.17, 15) is 4.79 Å². The van der Waals surface area contributed by atoms with Gasteiger partial charge in [0.05, 0.1) is 23.7 Å². The number of fused-ring (bicyclic) bond motifs is 1. The first-order valence-corrected chi connectivity index (χ1v) is 9.03. The Labute approximate surface area is 151 Å². The van der Waals surface area contributed by atoms with E-state index in [1.807, 2.05) is 51.1 Å². The van der Waals surface area contributed by atoms with Crippen molar-refractivity contribution in [3.05, 3.63) is 51.6 Å².